The molecule has 1 aliphatic heterocycles. The molecule has 5 aromatic rings. The van der Waals surface area contributed by atoms with Crippen molar-refractivity contribution in [3.63, 3.8) is 0 Å². The highest BCUT2D eigenvalue weighted by molar-refractivity contribution is 7.99. The van der Waals surface area contributed by atoms with E-state index in [4.69, 9.17) is 9.47 Å². The van der Waals surface area contributed by atoms with Crippen LogP contribution in [-0.2, 0) is 29.7 Å². The molecule has 0 radical (unpaired) electrons. The molecule has 0 bridgehead atoms. The number of tetrazole rings is 1. The van der Waals surface area contributed by atoms with E-state index in [2.05, 4.69) is 50.9 Å². The molecular formula is C34H34N6O4S. The number of aliphatic hydroxyl groups excluding tert-OH is 1. The first-order chi connectivity index (χ1) is 22.0. The average Bonchev–Trinajstić information content (AvgIpc) is 3.51. The Hall–Kier alpha value is -4.42. The maximum Gasteiger partial charge on any atom is 0.253 e. The van der Waals surface area contributed by atoms with Crippen molar-refractivity contribution < 1.29 is 19.4 Å². The molecular weight excluding hydrogens is 588 g/mol. The fourth-order valence-electron chi connectivity index (χ4n) is 5.36. The van der Waals surface area contributed by atoms with Crippen LogP contribution in [0.1, 0.15) is 51.9 Å². The Morgan fingerprint density at radius 1 is 0.978 bits per heavy atom. The number of nitrogens with zero attached hydrogens (tertiary/aromatic N) is 5. The van der Waals surface area contributed by atoms with Gasteiger partial charge in [-0.3, -0.25) is 9.78 Å². The van der Waals surface area contributed by atoms with E-state index in [1.165, 1.54) is 0 Å². The van der Waals surface area contributed by atoms with Crippen molar-refractivity contribution in [2.75, 3.05) is 5.75 Å². The predicted molar refractivity (Wildman–Crippen MR) is 170 cm³/mol. The smallest absolute Gasteiger partial charge is 0.253 e. The Kier molecular flexibility index (Phi) is 9.61. The number of rotatable bonds is 10. The highest BCUT2D eigenvalue weighted by atomic mass is 32.2. The van der Waals surface area contributed by atoms with Gasteiger partial charge >= 0.3 is 0 Å². The van der Waals surface area contributed by atoms with Gasteiger partial charge in [-0.25, -0.2) is 4.68 Å². The Morgan fingerprint density at radius 3 is 2.47 bits per heavy atom. The third kappa shape index (κ3) is 7.12. The molecule has 3 heterocycles. The normalized spacial score (nSPS) is 19.7. The van der Waals surface area contributed by atoms with Crippen LogP contribution in [0.25, 0.3) is 11.1 Å². The zero-order valence-corrected chi connectivity index (χ0v) is 25.8. The minimum atomic E-state index is -0.588. The average molecular weight is 623 g/mol. The number of benzene rings is 3. The number of aromatic nitrogens is 5. The molecule has 4 unspecified atom stereocenters. The molecule has 11 heteroatoms. The molecule has 1 aliphatic rings. The molecule has 3 aromatic carbocycles. The summed E-state index contributed by atoms with van der Waals surface area (Å²) in [5, 5.41) is 25.1. The van der Waals surface area contributed by atoms with Crippen LogP contribution in [0.3, 0.4) is 0 Å². The Morgan fingerprint density at radius 2 is 1.76 bits per heavy atom. The van der Waals surface area contributed by atoms with Crippen molar-refractivity contribution in [1.82, 2.24) is 30.5 Å². The fraction of sp³-hybridized carbons (Fsp3) is 0.265. The zero-order chi connectivity index (χ0) is 31.2. The summed E-state index contributed by atoms with van der Waals surface area (Å²) in [6.45, 7) is 2.51. The SMILES string of the molecule is CC1C(CSc2nnnn2C)OC(c2ccc(-c3ccccc3CNC(=O)c3cccnc3)cc2)OC1c1ccc(CO)cc1. The Balaban J connectivity index is 1.21. The minimum absolute atomic E-state index is 0.00948. The molecule has 1 fully saturated rings. The van der Waals surface area contributed by atoms with Crippen LogP contribution in [0.4, 0.5) is 0 Å². The number of ether oxygens (including phenoxy) is 2. The standard InChI is InChI=1S/C34H34N6O4S/c1-22-30(21-45-34-37-38-39-40(34)2)43-33(44-31(22)25-11-9-23(20-41)10-12-25)26-15-13-24(14-16-26)29-8-4-3-6-27(29)19-36-32(42)28-7-5-17-35-18-28/h3-18,22,30-31,33,41H,19-21H2,1-2H3,(H,36,42). The van der Waals surface area contributed by atoms with E-state index in [1.54, 1.807) is 41.0 Å². The molecule has 2 N–H and O–H groups in total. The quantitative estimate of drug-likeness (QED) is 0.200. The van der Waals surface area contributed by atoms with Gasteiger partial charge in [0, 0.05) is 43.2 Å². The molecule has 1 saturated heterocycles. The lowest BCUT2D eigenvalue weighted by Crippen LogP contribution is -2.38. The van der Waals surface area contributed by atoms with Crippen molar-refractivity contribution in [3.05, 3.63) is 125 Å². The van der Waals surface area contributed by atoms with Crippen molar-refractivity contribution in [1.29, 1.82) is 0 Å². The molecule has 0 saturated carbocycles. The van der Waals surface area contributed by atoms with Gasteiger partial charge in [0.1, 0.15) is 0 Å². The topological polar surface area (TPSA) is 124 Å². The first-order valence-electron chi connectivity index (χ1n) is 14.7. The van der Waals surface area contributed by atoms with E-state index < -0.39 is 6.29 Å². The second-order valence-electron chi connectivity index (χ2n) is 10.9. The number of hydrogen-bond donors (Lipinski definition) is 2. The van der Waals surface area contributed by atoms with E-state index in [-0.39, 0.29) is 30.6 Å². The van der Waals surface area contributed by atoms with Gasteiger partial charge in [0.15, 0.2) is 6.29 Å². The van der Waals surface area contributed by atoms with Crippen LogP contribution in [-0.4, -0.2) is 48.1 Å². The minimum Gasteiger partial charge on any atom is -0.392 e. The lowest BCUT2D eigenvalue weighted by molar-refractivity contribution is -0.268. The van der Waals surface area contributed by atoms with Gasteiger partial charge in [-0.1, -0.05) is 91.5 Å². The molecule has 230 valence electrons. The molecule has 0 aliphatic carbocycles. The summed E-state index contributed by atoms with van der Waals surface area (Å²) in [5.74, 6) is 0.525. The fourth-order valence-corrected chi connectivity index (χ4v) is 6.37. The molecule has 4 atom stereocenters. The zero-order valence-electron chi connectivity index (χ0n) is 25.0. The number of aryl methyl sites for hydroxylation is 1. The first kappa shape index (κ1) is 30.6. The number of aliphatic hydroxyl groups is 1. The van der Waals surface area contributed by atoms with E-state index in [0.717, 1.165) is 38.5 Å². The molecule has 0 spiro atoms. The summed E-state index contributed by atoms with van der Waals surface area (Å²) >= 11 is 1.55. The van der Waals surface area contributed by atoms with Crippen molar-refractivity contribution >= 4 is 17.7 Å². The Bertz CT molecular complexity index is 1720. The van der Waals surface area contributed by atoms with Gasteiger partial charge in [0.25, 0.3) is 5.91 Å². The molecule has 10 nitrogen and oxygen atoms in total. The highest BCUT2D eigenvalue weighted by Crippen LogP contribution is 2.43. The van der Waals surface area contributed by atoms with Gasteiger partial charge < -0.3 is 19.9 Å². The number of carbonyl (C=O) groups excluding carboxylic acids is 1. The third-order valence-electron chi connectivity index (χ3n) is 7.96. The van der Waals surface area contributed by atoms with E-state index in [1.807, 2.05) is 61.6 Å². The molecule has 6 rings (SSSR count). The first-order valence-corrected chi connectivity index (χ1v) is 15.7. The van der Waals surface area contributed by atoms with Crippen LogP contribution in [0.2, 0.25) is 0 Å². The number of thioether (sulfide) groups is 1. The molecule has 2 aromatic heterocycles. The lowest BCUT2D eigenvalue weighted by atomic mass is 9.91. The predicted octanol–water partition coefficient (Wildman–Crippen LogP) is 5.28. The second-order valence-corrected chi connectivity index (χ2v) is 11.9. The van der Waals surface area contributed by atoms with Crippen LogP contribution < -0.4 is 5.32 Å². The van der Waals surface area contributed by atoms with Crippen molar-refractivity contribution in [2.24, 2.45) is 13.0 Å². The Labute approximate surface area is 265 Å². The maximum absolute atomic E-state index is 12.6. The summed E-state index contributed by atoms with van der Waals surface area (Å²) in [4.78, 5) is 16.7. The summed E-state index contributed by atoms with van der Waals surface area (Å²) in [6, 6.07) is 27.6. The second kappa shape index (κ2) is 14.1. The lowest BCUT2D eigenvalue weighted by Gasteiger charge is -2.41. The number of nitrogens with one attached hydrogen (secondary N) is 1. The molecule has 45 heavy (non-hydrogen) atoms. The summed E-state index contributed by atoms with van der Waals surface area (Å²) in [5.41, 5.74) is 6.36. The third-order valence-corrected chi connectivity index (χ3v) is 9.05. The van der Waals surface area contributed by atoms with Gasteiger partial charge in [-0.05, 0) is 50.4 Å². The van der Waals surface area contributed by atoms with Crippen LogP contribution in [0.15, 0.2) is 102 Å². The van der Waals surface area contributed by atoms with Gasteiger partial charge in [-0.2, -0.15) is 0 Å². The highest BCUT2D eigenvalue weighted by Gasteiger charge is 2.38. The summed E-state index contributed by atoms with van der Waals surface area (Å²) in [6.07, 6.45) is 2.25. The van der Waals surface area contributed by atoms with E-state index in [9.17, 15) is 9.90 Å². The van der Waals surface area contributed by atoms with Crippen LogP contribution >= 0.6 is 11.8 Å². The number of carbonyl (C=O) groups is 1. The number of hydrogen-bond acceptors (Lipinski definition) is 9. The van der Waals surface area contributed by atoms with Gasteiger partial charge in [0.2, 0.25) is 5.16 Å². The monoisotopic (exact) mass is 622 g/mol. The molecule has 1 amide bonds. The van der Waals surface area contributed by atoms with Crippen LogP contribution in [0.5, 0.6) is 0 Å². The van der Waals surface area contributed by atoms with Crippen molar-refractivity contribution in [2.45, 2.75) is 43.7 Å². The number of amides is 1. The van der Waals surface area contributed by atoms with Crippen LogP contribution in [0, 0.1) is 5.92 Å². The largest absolute Gasteiger partial charge is 0.392 e. The summed E-state index contributed by atoms with van der Waals surface area (Å²) < 4.78 is 14.9. The van der Waals surface area contributed by atoms with E-state index in [0.29, 0.717) is 17.9 Å². The van der Waals surface area contributed by atoms with Crippen molar-refractivity contribution in [3.8, 4) is 11.1 Å². The van der Waals surface area contributed by atoms with Gasteiger partial charge in [0.05, 0.1) is 24.4 Å². The van der Waals surface area contributed by atoms with Gasteiger partial charge in [-0.15, -0.1) is 5.10 Å². The van der Waals surface area contributed by atoms with E-state index >= 15 is 0 Å². The maximum atomic E-state index is 12.6. The number of pyridine rings is 1. The summed E-state index contributed by atoms with van der Waals surface area (Å²) in [7, 11) is 1.82.